The van der Waals surface area contributed by atoms with Crippen LogP contribution in [0.5, 0.6) is 0 Å². The number of ether oxygens (including phenoxy) is 2. The van der Waals surface area contributed by atoms with E-state index in [0.29, 0.717) is 30.6 Å². The molecule has 1 amide bonds. The highest BCUT2D eigenvalue weighted by Crippen LogP contribution is 2.27. The first kappa shape index (κ1) is 20.3. The van der Waals surface area contributed by atoms with Gasteiger partial charge in [0, 0.05) is 19.6 Å². The van der Waals surface area contributed by atoms with Crippen molar-refractivity contribution in [3.63, 3.8) is 0 Å². The fourth-order valence-electron chi connectivity index (χ4n) is 2.84. The molecular formula is C17H24N6O4S. The monoisotopic (exact) mass is 408 g/mol. The number of nitrogens with one attached hydrogen (secondary N) is 1. The van der Waals surface area contributed by atoms with Crippen LogP contribution in [0.15, 0.2) is 11.4 Å². The Hall–Kier alpha value is -2.40. The molecule has 0 bridgehead atoms. The second kappa shape index (κ2) is 9.69. The second-order valence-corrected chi connectivity index (χ2v) is 7.17. The number of hydrogen-bond donors (Lipinski definition) is 1. The van der Waals surface area contributed by atoms with E-state index in [4.69, 9.17) is 9.72 Å². The molecule has 0 aliphatic carbocycles. The highest BCUT2D eigenvalue weighted by atomic mass is 32.2. The van der Waals surface area contributed by atoms with Gasteiger partial charge in [0.2, 0.25) is 0 Å². The summed E-state index contributed by atoms with van der Waals surface area (Å²) in [6.07, 6.45) is 1.74. The van der Waals surface area contributed by atoms with Crippen molar-refractivity contribution in [2.24, 2.45) is 0 Å². The number of anilines is 1. The number of nitrogens with zero attached hydrogens (tertiary/aromatic N) is 5. The second-order valence-electron chi connectivity index (χ2n) is 5.94. The van der Waals surface area contributed by atoms with Crippen molar-refractivity contribution in [3.05, 3.63) is 6.20 Å². The van der Waals surface area contributed by atoms with E-state index in [1.165, 1.54) is 0 Å². The number of carbonyl (C=O) groups is 2. The summed E-state index contributed by atoms with van der Waals surface area (Å²) in [5.41, 5.74) is 0.706. The molecule has 1 N–H and O–H groups in total. The lowest BCUT2D eigenvalue weighted by Gasteiger charge is -2.28. The van der Waals surface area contributed by atoms with Crippen LogP contribution in [-0.2, 0) is 25.6 Å². The third-order valence-corrected chi connectivity index (χ3v) is 4.84. The number of fused-ring (bicyclic) bond motifs is 1. The van der Waals surface area contributed by atoms with Crippen molar-refractivity contribution in [1.82, 2.24) is 25.1 Å². The molecule has 10 nitrogen and oxygen atoms in total. The minimum Gasteiger partial charge on any atom is -0.459 e. The zero-order valence-corrected chi connectivity index (χ0v) is 16.8. The summed E-state index contributed by atoms with van der Waals surface area (Å²) in [6.45, 7) is 7.34. The number of hydrogen-bond acceptors (Lipinski definition) is 9. The normalized spacial score (nSPS) is 14.3. The molecule has 1 aliphatic heterocycles. The van der Waals surface area contributed by atoms with Gasteiger partial charge >= 0.3 is 11.9 Å². The van der Waals surface area contributed by atoms with Gasteiger partial charge < -0.3 is 19.7 Å². The summed E-state index contributed by atoms with van der Waals surface area (Å²) in [5, 5.41) is 8.50. The van der Waals surface area contributed by atoms with Crippen molar-refractivity contribution in [3.8, 4) is 0 Å². The quantitative estimate of drug-likeness (QED) is 0.302. The third kappa shape index (κ3) is 4.71. The highest BCUT2D eigenvalue weighted by Gasteiger charge is 2.20. The molecule has 2 aromatic rings. The molecule has 0 aromatic carbocycles. The van der Waals surface area contributed by atoms with E-state index in [1.807, 2.05) is 0 Å². The zero-order chi connectivity index (χ0) is 19.9. The van der Waals surface area contributed by atoms with E-state index in [1.54, 1.807) is 29.6 Å². The Morgan fingerprint density at radius 1 is 1.29 bits per heavy atom. The van der Waals surface area contributed by atoms with Gasteiger partial charge in [0.05, 0.1) is 37.9 Å². The third-order valence-electron chi connectivity index (χ3n) is 4.11. The summed E-state index contributed by atoms with van der Waals surface area (Å²) < 4.78 is 11.8. The standard InChI is InChI=1S/C17H24N6O4S/c1-3-27-16(25)15(24)18-5-6-23-14-12(11-19-23)13(20-17(21-14)28-4-2)22-7-9-26-10-8-22/h11H,3-10H2,1-2H3,(H,18,24). The number of esters is 1. The van der Waals surface area contributed by atoms with E-state index in [0.717, 1.165) is 30.0 Å². The molecule has 28 heavy (non-hydrogen) atoms. The largest absolute Gasteiger partial charge is 0.459 e. The first-order valence-corrected chi connectivity index (χ1v) is 10.3. The summed E-state index contributed by atoms with van der Waals surface area (Å²) in [6, 6.07) is 0. The van der Waals surface area contributed by atoms with Crippen LogP contribution in [-0.4, -0.2) is 76.8 Å². The topological polar surface area (TPSA) is 111 Å². The Balaban J connectivity index is 1.78. The summed E-state index contributed by atoms with van der Waals surface area (Å²) >= 11 is 1.57. The lowest BCUT2D eigenvalue weighted by atomic mass is 10.3. The molecule has 0 spiro atoms. The van der Waals surface area contributed by atoms with Crippen LogP contribution in [0.2, 0.25) is 0 Å². The number of amides is 1. The van der Waals surface area contributed by atoms with Gasteiger partial charge in [0.1, 0.15) is 5.82 Å². The first-order chi connectivity index (χ1) is 13.6. The minimum atomic E-state index is -0.883. The van der Waals surface area contributed by atoms with E-state index in [9.17, 15) is 9.59 Å². The Bertz CT molecular complexity index is 836. The minimum absolute atomic E-state index is 0.162. The lowest BCUT2D eigenvalue weighted by molar-refractivity contribution is -0.154. The van der Waals surface area contributed by atoms with Gasteiger partial charge in [-0.25, -0.2) is 19.4 Å². The number of aromatic nitrogens is 4. The van der Waals surface area contributed by atoms with Crippen LogP contribution in [0, 0.1) is 0 Å². The van der Waals surface area contributed by atoms with Gasteiger partial charge in [-0.2, -0.15) is 5.10 Å². The van der Waals surface area contributed by atoms with Crippen LogP contribution < -0.4 is 10.2 Å². The van der Waals surface area contributed by atoms with E-state index < -0.39 is 11.9 Å². The zero-order valence-electron chi connectivity index (χ0n) is 16.0. The van der Waals surface area contributed by atoms with Crippen LogP contribution in [0.4, 0.5) is 5.82 Å². The number of thioether (sulfide) groups is 1. The van der Waals surface area contributed by atoms with Crippen molar-refractivity contribution >= 4 is 40.5 Å². The SMILES string of the molecule is CCOC(=O)C(=O)NCCn1ncc2c(N3CCOCC3)nc(SCC)nc21. The fourth-order valence-corrected chi connectivity index (χ4v) is 3.40. The predicted molar refractivity (Wildman–Crippen MR) is 104 cm³/mol. The fraction of sp³-hybridized carbons (Fsp3) is 0.588. The molecule has 11 heteroatoms. The maximum atomic E-state index is 11.7. The Morgan fingerprint density at radius 3 is 2.79 bits per heavy atom. The number of rotatable bonds is 7. The predicted octanol–water partition coefficient (Wildman–Crippen LogP) is 0.454. The molecule has 0 radical (unpaired) electrons. The van der Waals surface area contributed by atoms with Gasteiger partial charge in [-0.05, 0) is 12.7 Å². The highest BCUT2D eigenvalue weighted by molar-refractivity contribution is 7.99. The molecule has 3 heterocycles. The van der Waals surface area contributed by atoms with Gasteiger partial charge in [0.15, 0.2) is 10.8 Å². The summed E-state index contributed by atoms with van der Waals surface area (Å²) in [4.78, 5) is 34.6. The lowest BCUT2D eigenvalue weighted by Crippen LogP contribution is -2.37. The molecule has 1 saturated heterocycles. The van der Waals surface area contributed by atoms with Gasteiger partial charge in [-0.1, -0.05) is 18.7 Å². The Kier molecular flexibility index (Phi) is 7.04. The Labute approximate surface area is 167 Å². The molecule has 152 valence electrons. The van der Waals surface area contributed by atoms with E-state index in [2.05, 4.69) is 32.0 Å². The summed E-state index contributed by atoms with van der Waals surface area (Å²) in [5.74, 6) is 0.0687. The average Bonchev–Trinajstić information content (AvgIpc) is 3.11. The van der Waals surface area contributed by atoms with Crippen LogP contribution in [0.3, 0.4) is 0 Å². The van der Waals surface area contributed by atoms with Crippen molar-refractivity contribution in [2.75, 3.05) is 50.1 Å². The molecule has 1 fully saturated rings. The summed E-state index contributed by atoms with van der Waals surface area (Å²) in [7, 11) is 0. The molecule has 2 aromatic heterocycles. The smallest absolute Gasteiger partial charge is 0.396 e. The van der Waals surface area contributed by atoms with Crippen LogP contribution in [0.1, 0.15) is 13.8 Å². The van der Waals surface area contributed by atoms with Gasteiger partial charge in [0.25, 0.3) is 0 Å². The van der Waals surface area contributed by atoms with Crippen LogP contribution in [0.25, 0.3) is 11.0 Å². The van der Waals surface area contributed by atoms with E-state index in [-0.39, 0.29) is 13.2 Å². The average molecular weight is 408 g/mol. The maximum absolute atomic E-state index is 11.7. The first-order valence-electron chi connectivity index (χ1n) is 9.28. The van der Waals surface area contributed by atoms with Gasteiger partial charge in [-0.3, -0.25) is 4.79 Å². The van der Waals surface area contributed by atoms with Crippen molar-refractivity contribution in [2.45, 2.75) is 25.5 Å². The molecule has 3 rings (SSSR count). The number of carbonyl (C=O) groups excluding carboxylic acids is 2. The number of morpholine rings is 1. The van der Waals surface area contributed by atoms with Crippen molar-refractivity contribution < 1.29 is 19.1 Å². The van der Waals surface area contributed by atoms with E-state index >= 15 is 0 Å². The van der Waals surface area contributed by atoms with Crippen LogP contribution >= 0.6 is 11.8 Å². The van der Waals surface area contributed by atoms with Gasteiger partial charge in [-0.15, -0.1) is 0 Å². The molecule has 0 saturated carbocycles. The Morgan fingerprint density at radius 2 is 2.07 bits per heavy atom. The molecule has 0 atom stereocenters. The van der Waals surface area contributed by atoms with Crippen molar-refractivity contribution in [1.29, 1.82) is 0 Å². The molecular weight excluding hydrogens is 384 g/mol. The maximum Gasteiger partial charge on any atom is 0.396 e. The molecule has 0 unspecified atom stereocenters. The molecule has 1 aliphatic rings.